The van der Waals surface area contributed by atoms with E-state index in [1.54, 1.807) is 18.2 Å². The van der Waals surface area contributed by atoms with Crippen LogP contribution in [0.15, 0.2) is 65.6 Å². The third-order valence-electron chi connectivity index (χ3n) is 4.15. The third-order valence-corrected chi connectivity index (χ3v) is 6.63. The average molecular weight is 501 g/mol. The first kappa shape index (κ1) is 23.2. The molecule has 2 N–H and O–H groups in total. The Morgan fingerprint density at radius 2 is 1.52 bits per heavy atom. The maximum Gasteiger partial charge on any atom is 0.264 e. The van der Waals surface area contributed by atoms with Crippen molar-refractivity contribution in [2.75, 3.05) is 22.8 Å². The second kappa shape index (κ2) is 8.96. The molecular formula is C20H18Cl2N2O5S2. The number of halogens is 2. The fourth-order valence-corrected chi connectivity index (χ4v) is 5.49. The molecule has 0 spiro atoms. The van der Waals surface area contributed by atoms with Crippen LogP contribution in [-0.4, -0.2) is 30.2 Å². The van der Waals surface area contributed by atoms with E-state index in [1.807, 2.05) is 30.3 Å². The van der Waals surface area contributed by atoms with E-state index in [9.17, 15) is 16.8 Å². The van der Waals surface area contributed by atoms with Gasteiger partial charge in [0, 0.05) is 5.02 Å². The summed E-state index contributed by atoms with van der Waals surface area (Å²) in [5.74, 6) is 0.272. The largest absolute Gasteiger partial charge is 0.495 e. The molecule has 3 aromatic rings. The first-order valence-electron chi connectivity index (χ1n) is 8.73. The first-order chi connectivity index (χ1) is 14.5. The second-order valence-electron chi connectivity index (χ2n) is 6.52. The fraction of sp³-hybridized carbons (Fsp3) is 0.100. The number of ether oxygens (including phenoxy) is 1. The summed E-state index contributed by atoms with van der Waals surface area (Å²) in [4.78, 5) is -0.428. The van der Waals surface area contributed by atoms with Crippen LogP contribution in [0.25, 0.3) is 11.1 Å². The van der Waals surface area contributed by atoms with Crippen molar-refractivity contribution >= 4 is 54.6 Å². The van der Waals surface area contributed by atoms with Crippen LogP contribution in [0.2, 0.25) is 10.0 Å². The van der Waals surface area contributed by atoms with Crippen LogP contribution in [0.4, 0.5) is 11.4 Å². The summed E-state index contributed by atoms with van der Waals surface area (Å²) < 4.78 is 59.8. The van der Waals surface area contributed by atoms with Crippen molar-refractivity contribution < 1.29 is 21.6 Å². The van der Waals surface area contributed by atoms with Crippen molar-refractivity contribution in [3.8, 4) is 16.9 Å². The predicted octanol–water partition coefficient (Wildman–Crippen LogP) is 4.84. The summed E-state index contributed by atoms with van der Waals surface area (Å²) in [6.07, 6.45) is 0.883. The Labute approximate surface area is 191 Å². The van der Waals surface area contributed by atoms with Crippen molar-refractivity contribution in [2.24, 2.45) is 0 Å². The van der Waals surface area contributed by atoms with Crippen LogP contribution < -0.4 is 14.2 Å². The van der Waals surface area contributed by atoms with Gasteiger partial charge in [-0.2, -0.15) is 0 Å². The summed E-state index contributed by atoms with van der Waals surface area (Å²) in [5, 5.41) is -0.141. The number of hydrogen-bond donors (Lipinski definition) is 2. The maximum absolute atomic E-state index is 13.2. The molecule has 0 fully saturated rings. The van der Waals surface area contributed by atoms with Gasteiger partial charge in [-0.3, -0.25) is 9.44 Å². The summed E-state index contributed by atoms with van der Waals surface area (Å²) in [7, 11) is -6.73. The first-order valence-corrected chi connectivity index (χ1v) is 12.9. The second-order valence-corrected chi connectivity index (χ2v) is 10.8. The van der Waals surface area contributed by atoms with Gasteiger partial charge in [0.05, 0.1) is 29.8 Å². The molecule has 0 atom stereocenters. The van der Waals surface area contributed by atoms with Crippen LogP contribution in [0, 0.1) is 0 Å². The van der Waals surface area contributed by atoms with Gasteiger partial charge in [-0.15, -0.1) is 0 Å². The van der Waals surface area contributed by atoms with E-state index in [2.05, 4.69) is 9.44 Å². The minimum absolute atomic E-state index is 0.0226. The lowest BCUT2D eigenvalue weighted by Crippen LogP contribution is -2.18. The van der Waals surface area contributed by atoms with E-state index >= 15 is 0 Å². The van der Waals surface area contributed by atoms with Crippen LogP contribution in [0.3, 0.4) is 0 Å². The summed E-state index contributed by atoms with van der Waals surface area (Å²) in [6.45, 7) is 0. The summed E-state index contributed by atoms with van der Waals surface area (Å²) in [5.41, 5.74) is 1.47. The number of methoxy groups -OCH3 is 1. The minimum atomic E-state index is -4.32. The molecule has 0 aliphatic rings. The van der Waals surface area contributed by atoms with Crippen molar-refractivity contribution in [1.82, 2.24) is 0 Å². The molecule has 0 unspecified atom stereocenters. The Hall–Kier alpha value is -2.46. The van der Waals surface area contributed by atoms with Gasteiger partial charge in [0.1, 0.15) is 10.6 Å². The molecule has 0 heterocycles. The molecule has 31 heavy (non-hydrogen) atoms. The fourth-order valence-electron chi connectivity index (χ4n) is 2.84. The molecular weight excluding hydrogens is 483 g/mol. The topological polar surface area (TPSA) is 102 Å². The van der Waals surface area contributed by atoms with Gasteiger partial charge in [-0.25, -0.2) is 16.8 Å². The van der Waals surface area contributed by atoms with E-state index in [4.69, 9.17) is 27.9 Å². The third kappa shape index (κ3) is 5.62. The van der Waals surface area contributed by atoms with Crippen molar-refractivity contribution in [2.45, 2.75) is 4.90 Å². The van der Waals surface area contributed by atoms with E-state index in [1.165, 1.54) is 13.2 Å². The van der Waals surface area contributed by atoms with Crippen molar-refractivity contribution in [1.29, 1.82) is 0 Å². The molecule has 11 heteroatoms. The van der Waals surface area contributed by atoms with Gasteiger partial charge in [-0.1, -0.05) is 59.6 Å². The number of rotatable bonds is 7. The van der Waals surface area contributed by atoms with E-state index < -0.39 is 24.9 Å². The number of benzene rings is 3. The normalized spacial score (nSPS) is 11.7. The van der Waals surface area contributed by atoms with Crippen LogP contribution in [0.1, 0.15) is 0 Å². The van der Waals surface area contributed by atoms with E-state index in [0.717, 1.165) is 23.4 Å². The lowest BCUT2D eigenvalue weighted by Gasteiger charge is -2.17. The molecule has 0 aliphatic carbocycles. The quantitative estimate of drug-likeness (QED) is 0.483. The predicted molar refractivity (Wildman–Crippen MR) is 124 cm³/mol. The average Bonchev–Trinajstić information content (AvgIpc) is 2.69. The number of anilines is 2. The zero-order valence-electron chi connectivity index (χ0n) is 16.4. The Morgan fingerprint density at radius 1 is 0.839 bits per heavy atom. The van der Waals surface area contributed by atoms with Gasteiger partial charge in [0.25, 0.3) is 10.0 Å². The van der Waals surface area contributed by atoms with Gasteiger partial charge in [-0.05, 0) is 35.4 Å². The lowest BCUT2D eigenvalue weighted by molar-refractivity contribution is 0.417. The van der Waals surface area contributed by atoms with E-state index in [0.29, 0.717) is 0 Å². The molecule has 3 rings (SSSR count). The molecule has 0 bridgehead atoms. The van der Waals surface area contributed by atoms with Crippen molar-refractivity contribution in [3.05, 3.63) is 70.7 Å². The SMILES string of the molecule is COc1ccc(-c2ccccc2)cc1NS(=O)(=O)c1cc(Cl)cc(Cl)c1NS(C)(=O)=O. The molecule has 0 aromatic heterocycles. The van der Waals surface area contributed by atoms with Crippen molar-refractivity contribution in [3.63, 3.8) is 0 Å². The van der Waals surface area contributed by atoms with Crippen LogP contribution in [0.5, 0.6) is 5.75 Å². The maximum atomic E-state index is 13.2. The van der Waals surface area contributed by atoms with Gasteiger partial charge < -0.3 is 4.74 Å². The highest BCUT2D eigenvalue weighted by Crippen LogP contribution is 2.37. The molecule has 0 saturated heterocycles. The molecule has 0 aliphatic heterocycles. The highest BCUT2D eigenvalue weighted by Gasteiger charge is 2.25. The Kier molecular flexibility index (Phi) is 6.70. The highest BCUT2D eigenvalue weighted by molar-refractivity contribution is 7.93. The molecule has 0 amide bonds. The number of sulfonamides is 2. The Morgan fingerprint density at radius 3 is 2.13 bits per heavy atom. The molecule has 3 aromatic carbocycles. The van der Waals surface area contributed by atoms with E-state index in [-0.39, 0.29) is 27.2 Å². The zero-order chi connectivity index (χ0) is 22.8. The van der Waals surface area contributed by atoms with Gasteiger partial charge in [0.2, 0.25) is 10.0 Å². The molecule has 0 radical (unpaired) electrons. The number of hydrogen-bond acceptors (Lipinski definition) is 5. The van der Waals surface area contributed by atoms with Crippen LogP contribution >= 0.6 is 23.2 Å². The summed E-state index contributed by atoms with van der Waals surface area (Å²) >= 11 is 12.1. The standard InChI is InChI=1S/C20H18Cl2N2O5S2/c1-29-18-9-8-14(13-6-4-3-5-7-13)10-17(18)23-31(27,28)19-12-15(21)11-16(22)20(19)24-30(2,25)26/h3-12,23-24H,1-2H3. The zero-order valence-corrected chi connectivity index (χ0v) is 19.5. The molecule has 164 valence electrons. The van der Waals surface area contributed by atoms with Crippen LogP contribution in [-0.2, 0) is 20.0 Å². The highest BCUT2D eigenvalue weighted by atomic mass is 35.5. The Bertz CT molecular complexity index is 1330. The monoisotopic (exact) mass is 500 g/mol. The Balaban J connectivity index is 2.11. The van der Waals surface area contributed by atoms with Gasteiger partial charge in [0.15, 0.2) is 0 Å². The lowest BCUT2D eigenvalue weighted by atomic mass is 10.1. The molecule has 0 saturated carbocycles. The van der Waals surface area contributed by atoms with Gasteiger partial charge >= 0.3 is 0 Å². The smallest absolute Gasteiger partial charge is 0.264 e. The summed E-state index contributed by atoms with van der Waals surface area (Å²) in [6, 6.07) is 16.7. The minimum Gasteiger partial charge on any atom is -0.495 e. The number of nitrogens with one attached hydrogen (secondary N) is 2. The molecule has 7 nitrogen and oxygen atoms in total.